The Kier molecular flexibility index (Phi) is 8.62. The van der Waals surface area contributed by atoms with Crippen LogP contribution in [-0.2, 0) is 15.7 Å². The van der Waals surface area contributed by atoms with Gasteiger partial charge in [0, 0.05) is 23.5 Å². The van der Waals surface area contributed by atoms with Crippen molar-refractivity contribution in [2.75, 3.05) is 18.5 Å². The number of alkyl halides is 3. The van der Waals surface area contributed by atoms with Crippen molar-refractivity contribution in [3.8, 4) is 0 Å². The number of benzene rings is 2. The number of ether oxygens (including phenoxy) is 1. The number of carbonyl (C=O) groups is 3. The molecule has 1 aliphatic rings. The molecule has 0 aromatic heterocycles. The molecule has 0 radical (unpaired) electrons. The lowest BCUT2D eigenvalue weighted by Gasteiger charge is -2.35. The van der Waals surface area contributed by atoms with E-state index in [4.69, 9.17) is 4.74 Å². The Morgan fingerprint density at radius 1 is 1.08 bits per heavy atom. The summed E-state index contributed by atoms with van der Waals surface area (Å²) in [5.74, 6) is -0.950. The summed E-state index contributed by atoms with van der Waals surface area (Å²) in [5, 5.41) is 5.50. The van der Waals surface area contributed by atoms with Gasteiger partial charge < -0.3 is 15.4 Å². The molecule has 2 aromatic rings. The fourth-order valence-electron chi connectivity index (χ4n) is 3.88. The van der Waals surface area contributed by atoms with Crippen molar-refractivity contribution >= 4 is 23.6 Å². The van der Waals surface area contributed by atoms with Crippen LogP contribution in [0.3, 0.4) is 0 Å². The molecule has 0 saturated carbocycles. The molecule has 7 nitrogen and oxygen atoms in total. The number of urea groups is 1. The lowest BCUT2D eigenvalue weighted by atomic mass is 9.94. The number of nitrogens with zero attached hydrogens (tertiary/aromatic N) is 1. The normalized spacial score (nSPS) is 16.1. The molecule has 10 heteroatoms. The zero-order valence-electron chi connectivity index (χ0n) is 21.1. The van der Waals surface area contributed by atoms with Gasteiger partial charge in [0.1, 0.15) is 0 Å². The predicted molar refractivity (Wildman–Crippen MR) is 133 cm³/mol. The van der Waals surface area contributed by atoms with E-state index in [-0.39, 0.29) is 24.1 Å². The van der Waals surface area contributed by atoms with E-state index in [2.05, 4.69) is 10.6 Å². The molecule has 3 amide bonds. The van der Waals surface area contributed by atoms with Crippen LogP contribution in [0.1, 0.15) is 61.6 Å². The summed E-state index contributed by atoms with van der Waals surface area (Å²) in [6.07, 6.45) is -3.78. The zero-order valence-corrected chi connectivity index (χ0v) is 21.1. The first-order chi connectivity index (χ1) is 17.4. The van der Waals surface area contributed by atoms with E-state index in [1.54, 1.807) is 31.2 Å². The van der Waals surface area contributed by atoms with Crippen LogP contribution in [0.4, 0.5) is 23.7 Å². The van der Waals surface area contributed by atoms with Crippen molar-refractivity contribution < 1.29 is 32.3 Å². The molecule has 1 aliphatic heterocycles. The topological polar surface area (TPSA) is 87.7 Å². The zero-order chi connectivity index (χ0) is 27.3. The van der Waals surface area contributed by atoms with E-state index >= 15 is 0 Å². The summed E-state index contributed by atoms with van der Waals surface area (Å²) in [7, 11) is 0. The number of hydrogen-bond acceptors (Lipinski definition) is 4. The fraction of sp³-hybridized carbons (Fsp3) is 0.370. The number of nitrogens with one attached hydrogen (secondary N) is 2. The van der Waals surface area contributed by atoms with Crippen LogP contribution in [0.15, 0.2) is 59.8 Å². The van der Waals surface area contributed by atoms with Gasteiger partial charge >= 0.3 is 18.2 Å². The number of esters is 1. The lowest BCUT2D eigenvalue weighted by Crippen LogP contribution is -2.48. The molecule has 0 aliphatic carbocycles. The summed E-state index contributed by atoms with van der Waals surface area (Å²) in [6, 6.07) is 9.33. The number of amides is 3. The second-order valence-corrected chi connectivity index (χ2v) is 9.18. The molecule has 37 heavy (non-hydrogen) atoms. The monoisotopic (exact) mass is 517 g/mol. The molecule has 1 heterocycles. The molecule has 3 rings (SSSR count). The van der Waals surface area contributed by atoms with Gasteiger partial charge in [0.05, 0.1) is 23.8 Å². The molecular formula is C27H30F3N3O4. The fourth-order valence-corrected chi connectivity index (χ4v) is 3.88. The molecule has 0 bridgehead atoms. The van der Waals surface area contributed by atoms with E-state index in [9.17, 15) is 27.6 Å². The first-order valence-corrected chi connectivity index (χ1v) is 12.0. The molecular weight excluding hydrogens is 487 g/mol. The highest BCUT2D eigenvalue weighted by Gasteiger charge is 2.36. The first-order valence-electron chi connectivity index (χ1n) is 12.0. The van der Waals surface area contributed by atoms with E-state index in [0.717, 1.165) is 24.3 Å². The highest BCUT2D eigenvalue weighted by Crippen LogP contribution is 2.32. The van der Waals surface area contributed by atoms with Crippen LogP contribution in [-0.4, -0.2) is 36.0 Å². The number of hydrogen-bond donors (Lipinski definition) is 2. The van der Waals surface area contributed by atoms with Crippen molar-refractivity contribution in [3.63, 3.8) is 0 Å². The van der Waals surface area contributed by atoms with Gasteiger partial charge in [-0.2, -0.15) is 13.2 Å². The van der Waals surface area contributed by atoms with Gasteiger partial charge in [-0.15, -0.1) is 0 Å². The summed E-state index contributed by atoms with van der Waals surface area (Å²) >= 11 is 0. The van der Waals surface area contributed by atoms with Crippen LogP contribution < -0.4 is 10.6 Å². The highest BCUT2D eigenvalue weighted by atomic mass is 19.4. The summed E-state index contributed by atoms with van der Waals surface area (Å²) in [5.41, 5.74) is 1.08. The van der Waals surface area contributed by atoms with E-state index in [1.165, 1.54) is 4.90 Å². The number of rotatable bonds is 8. The maximum atomic E-state index is 13.0. The maximum Gasteiger partial charge on any atom is 0.416 e. The smallest absolute Gasteiger partial charge is 0.416 e. The van der Waals surface area contributed by atoms with Crippen molar-refractivity contribution in [3.05, 3.63) is 76.5 Å². The van der Waals surface area contributed by atoms with Gasteiger partial charge in [-0.05, 0) is 61.2 Å². The molecule has 2 aromatic carbocycles. The second-order valence-electron chi connectivity index (χ2n) is 9.18. The molecule has 1 unspecified atom stereocenters. The average molecular weight is 518 g/mol. The molecule has 198 valence electrons. The van der Waals surface area contributed by atoms with Crippen LogP contribution >= 0.6 is 0 Å². The van der Waals surface area contributed by atoms with E-state index < -0.39 is 29.7 Å². The van der Waals surface area contributed by atoms with Gasteiger partial charge in [0.2, 0.25) is 0 Å². The minimum absolute atomic E-state index is 0.0707. The summed E-state index contributed by atoms with van der Waals surface area (Å²) in [6.45, 7) is 8.18. The largest absolute Gasteiger partial charge is 0.462 e. The van der Waals surface area contributed by atoms with Crippen molar-refractivity contribution in [1.82, 2.24) is 10.2 Å². The van der Waals surface area contributed by atoms with Crippen molar-refractivity contribution in [2.45, 2.75) is 46.3 Å². The highest BCUT2D eigenvalue weighted by molar-refractivity contribution is 6.04. The lowest BCUT2D eigenvalue weighted by molar-refractivity contribution is -0.141. The number of anilines is 1. The Bertz CT molecular complexity index is 1170. The van der Waals surface area contributed by atoms with Gasteiger partial charge in [-0.25, -0.2) is 9.59 Å². The average Bonchev–Trinajstić information content (AvgIpc) is 2.84. The standard InChI is InChI=1S/C27H30F3N3O4/c1-5-14-33-17(4)22(25(35)37-15-16(2)3)23(32-26(33)36)18-8-12-21(13-9-18)31-24(34)19-6-10-20(11-7-19)27(28,29)30/h6-13,16,23H,5,14-15H2,1-4H3,(H,31,34)(H,32,36). The van der Waals surface area contributed by atoms with Gasteiger partial charge in [0.25, 0.3) is 5.91 Å². The molecule has 2 N–H and O–H groups in total. The number of halogens is 3. The minimum atomic E-state index is -4.49. The van der Waals surface area contributed by atoms with Crippen LogP contribution in [0, 0.1) is 5.92 Å². The molecule has 0 spiro atoms. The Balaban J connectivity index is 1.82. The van der Waals surface area contributed by atoms with E-state index in [1.807, 2.05) is 20.8 Å². The SMILES string of the molecule is CCCN1C(=O)NC(c2ccc(NC(=O)c3ccc(C(F)(F)F)cc3)cc2)C(C(=O)OCC(C)C)=C1C. The second kappa shape index (κ2) is 11.5. The Morgan fingerprint density at radius 3 is 2.24 bits per heavy atom. The Labute approximate surface area is 213 Å². The summed E-state index contributed by atoms with van der Waals surface area (Å²) < 4.78 is 43.8. The third kappa shape index (κ3) is 6.69. The molecule has 0 fully saturated rings. The Hall–Kier alpha value is -3.82. The maximum absolute atomic E-state index is 13.0. The summed E-state index contributed by atoms with van der Waals surface area (Å²) in [4.78, 5) is 39.8. The Morgan fingerprint density at radius 2 is 1.70 bits per heavy atom. The third-order valence-electron chi connectivity index (χ3n) is 5.79. The number of carbonyl (C=O) groups excluding carboxylic acids is 3. The minimum Gasteiger partial charge on any atom is -0.462 e. The van der Waals surface area contributed by atoms with Gasteiger partial charge in [0.15, 0.2) is 0 Å². The molecule has 0 saturated heterocycles. The van der Waals surface area contributed by atoms with Crippen molar-refractivity contribution in [2.24, 2.45) is 5.92 Å². The predicted octanol–water partition coefficient (Wildman–Crippen LogP) is 5.91. The van der Waals surface area contributed by atoms with Gasteiger partial charge in [-0.3, -0.25) is 9.69 Å². The van der Waals surface area contributed by atoms with Crippen molar-refractivity contribution in [1.29, 1.82) is 0 Å². The van der Waals surface area contributed by atoms with Gasteiger partial charge in [-0.1, -0.05) is 32.9 Å². The third-order valence-corrected chi connectivity index (χ3v) is 5.79. The van der Waals surface area contributed by atoms with Crippen LogP contribution in [0.2, 0.25) is 0 Å². The van der Waals surface area contributed by atoms with Crippen LogP contribution in [0.25, 0.3) is 0 Å². The quantitative estimate of drug-likeness (QED) is 0.427. The van der Waals surface area contributed by atoms with Crippen LogP contribution in [0.5, 0.6) is 0 Å². The van der Waals surface area contributed by atoms with E-state index in [0.29, 0.717) is 35.5 Å². The number of allylic oxidation sites excluding steroid dienone is 1. The first kappa shape index (κ1) is 27.8. The molecule has 1 atom stereocenters.